The third-order valence-corrected chi connectivity index (χ3v) is 2.92. The minimum absolute atomic E-state index is 0.0134. The molecular formula is C13H10ClF2N3O2. The summed E-state index contributed by atoms with van der Waals surface area (Å²) in [7, 11) is 0. The molecule has 21 heavy (non-hydrogen) atoms. The van der Waals surface area contributed by atoms with Crippen molar-refractivity contribution in [2.24, 2.45) is 0 Å². The third-order valence-electron chi connectivity index (χ3n) is 2.73. The zero-order valence-corrected chi connectivity index (χ0v) is 11.6. The number of fused-ring (bicyclic) bond motifs is 1. The van der Waals surface area contributed by atoms with E-state index < -0.39 is 6.29 Å². The average molecular weight is 314 g/mol. The number of hydrogen-bond donors (Lipinski definition) is 1. The number of aromatic nitrogens is 2. The number of hydrogen-bond acceptors (Lipinski definition) is 5. The van der Waals surface area contributed by atoms with Crippen LogP contribution in [-0.2, 0) is 6.42 Å². The normalized spacial score (nSPS) is 15.0. The predicted octanol–water partition coefficient (Wildman–Crippen LogP) is 3.76. The highest BCUT2D eigenvalue weighted by molar-refractivity contribution is 6.29. The molecule has 1 aliphatic heterocycles. The van der Waals surface area contributed by atoms with Gasteiger partial charge in [0.15, 0.2) is 11.5 Å². The fourth-order valence-corrected chi connectivity index (χ4v) is 2.06. The predicted molar refractivity (Wildman–Crippen MR) is 72.3 cm³/mol. The summed E-state index contributed by atoms with van der Waals surface area (Å²) in [5, 5.41) is 3.26. The Bertz CT molecular complexity index is 697. The molecule has 1 aromatic heterocycles. The molecule has 2 aromatic rings. The van der Waals surface area contributed by atoms with Gasteiger partial charge in [-0.25, -0.2) is 9.97 Å². The van der Waals surface area contributed by atoms with Gasteiger partial charge in [0.25, 0.3) is 0 Å². The Balaban J connectivity index is 1.85. The molecule has 1 aromatic carbocycles. The molecule has 3 rings (SSSR count). The van der Waals surface area contributed by atoms with Gasteiger partial charge in [0.1, 0.15) is 16.8 Å². The van der Waals surface area contributed by atoms with Crippen molar-refractivity contribution in [1.82, 2.24) is 9.97 Å². The summed E-state index contributed by atoms with van der Waals surface area (Å²) in [6.45, 7) is 1.90. The summed E-state index contributed by atoms with van der Waals surface area (Å²) < 4.78 is 34.6. The highest BCUT2D eigenvalue weighted by Crippen LogP contribution is 2.42. The molecule has 1 N–H and O–H groups in total. The minimum atomic E-state index is -3.63. The number of alkyl halides is 2. The molecular weight excluding hydrogens is 304 g/mol. The van der Waals surface area contributed by atoms with E-state index in [4.69, 9.17) is 11.6 Å². The highest BCUT2D eigenvalue weighted by atomic mass is 35.5. The summed E-state index contributed by atoms with van der Waals surface area (Å²) in [6, 6.07) is 5.91. The molecule has 0 unspecified atom stereocenters. The van der Waals surface area contributed by atoms with Gasteiger partial charge in [-0.3, -0.25) is 0 Å². The number of benzene rings is 1. The first-order valence-electron chi connectivity index (χ1n) is 6.15. The van der Waals surface area contributed by atoms with Crippen molar-refractivity contribution in [3.8, 4) is 11.5 Å². The number of rotatable bonds is 3. The molecule has 0 saturated carbocycles. The zero-order valence-electron chi connectivity index (χ0n) is 10.9. The molecule has 110 valence electrons. The molecule has 0 radical (unpaired) electrons. The molecule has 0 aliphatic carbocycles. The maximum absolute atomic E-state index is 12.9. The zero-order chi connectivity index (χ0) is 15.0. The lowest BCUT2D eigenvalue weighted by Gasteiger charge is -2.07. The second-order valence-corrected chi connectivity index (χ2v) is 4.69. The van der Waals surface area contributed by atoms with Crippen LogP contribution in [0.15, 0.2) is 24.3 Å². The van der Waals surface area contributed by atoms with Crippen molar-refractivity contribution >= 4 is 23.1 Å². The van der Waals surface area contributed by atoms with Crippen LogP contribution in [0.4, 0.5) is 20.3 Å². The van der Waals surface area contributed by atoms with Crippen LogP contribution in [0.5, 0.6) is 11.5 Å². The number of nitrogens with one attached hydrogen (secondary N) is 1. The Hall–Kier alpha value is -2.15. The molecule has 0 bridgehead atoms. The molecule has 8 heteroatoms. The van der Waals surface area contributed by atoms with Crippen LogP contribution >= 0.6 is 11.6 Å². The van der Waals surface area contributed by atoms with Crippen molar-refractivity contribution in [2.45, 2.75) is 19.6 Å². The largest absolute Gasteiger partial charge is 0.586 e. The van der Waals surface area contributed by atoms with Gasteiger partial charge in [-0.1, -0.05) is 18.5 Å². The number of anilines is 2. The monoisotopic (exact) mass is 313 g/mol. The van der Waals surface area contributed by atoms with E-state index in [9.17, 15) is 8.78 Å². The Morgan fingerprint density at radius 2 is 1.95 bits per heavy atom. The van der Waals surface area contributed by atoms with Gasteiger partial charge >= 0.3 is 6.29 Å². The summed E-state index contributed by atoms with van der Waals surface area (Å²) in [4.78, 5) is 8.28. The average Bonchev–Trinajstić information content (AvgIpc) is 2.71. The smallest absolute Gasteiger partial charge is 0.395 e. The topological polar surface area (TPSA) is 56.3 Å². The van der Waals surface area contributed by atoms with E-state index in [2.05, 4.69) is 24.8 Å². The summed E-state index contributed by atoms with van der Waals surface area (Å²) in [5.74, 6) is 0.996. The van der Waals surface area contributed by atoms with E-state index in [1.54, 1.807) is 12.1 Å². The lowest BCUT2D eigenvalue weighted by molar-refractivity contribution is -0.286. The van der Waals surface area contributed by atoms with Crippen LogP contribution in [0.25, 0.3) is 0 Å². The van der Waals surface area contributed by atoms with Gasteiger partial charge < -0.3 is 14.8 Å². The maximum Gasteiger partial charge on any atom is 0.586 e. The Morgan fingerprint density at radius 3 is 2.71 bits per heavy atom. The molecule has 5 nitrogen and oxygen atoms in total. The molecule has 0 saturated heterocycles. The molecule has 2 heterocycles. The van der Waals surface area contributed by atoms with Crippen LogP contribution in [0, 0.1) is 0 Å². The van der Waals surface area contributed by atoms with E-state index in [0.29, 0.717) is 28.9 Å². The number of halogens is 3. The van der Waals surface area contributed by atoms with E-state index in [1.165, 1.54) is 12.1 Å². The Morgan fingerprint density at radius 1 is 1.19 bits per heavy atom. The Kier molecular flexibility index (Phi) is 3.29. The molecule has 0 fully saturated rings. The number of ether oxygens (including phenoxy) is 2. The SMILES string of the molecule is CCc1nc(Cl)cc(Nc2ccc3c(c2)OC(F)(F)O3)n1. The summed E-state index contributed by atoms with van der Waals surface area (Å²) in [6.07, 6.45) is -3.00. The number of aryl methyl sites for hydroxylation is 1. The first-order valence-corrected chi connectivity index (χ1v) is 6.53. The second-order valence-electron chi connectivity index (χ2n) is 4.30. The fourth-order valence-electron chi connectivity index (χ4n) is 1.86. The van der Waals surface area contributed by atoms with Gasteiger partial charge in [-0.15, -0.1) is 8.78 Å². The minimum Gasteiger partial charge on any atom is -0.395 e. The van der Waals surface area contributed by atoms with Crippen LogP contribution in [0.2, 0.25) is 5.15 Å². The van der Waals surface area contributed by atoms with Crippen molar-refractivity contribution in [1.29, 1.82) is 0 Å². The lowest BCUT2D eigenvalue weighted by atomic mass is 10.3. The van der Waals surface area contributed by atoms with E-state index in [1.807, 2.05) is 6.92 Å². The van der Waals surface area contributed by atoms with E-state index in [-0.39, 0.29) is 11.5 Å². The molecule has 1 aliphatic rings. The fraction of sp³-hybridized carbons (Fsp3) is 0.231. The van der Waals surface area contributed by atoms with Gasteiger partial charge in [-0.05, 0) is 12.1 Å². The second kappa shape index (κ2) is 5.00. The van der Waals surface area contributed by atoms with Gasteiger partial charge in [-0.2, -0.15) is 0 Å². The van der Waals surface area contributed by atoms with Crippen LogP contribution < -0.4 is 14.8 Å². The standard InChI is InChI=1S/C13H10ClF2N3O2/c1-2-11-18-10(14)6-12(19-11)17-7-3-4-8-9(5-7)21-13(15,16)20-8/h3-6H,2H2,1H3,(H,17,18,19). The van der Waals surface area contributed by atoms with Crippen LogP contribution in [0.3, 0.4) is 0 Å². The maximum atomic E-state index is 12.9. The van der Waals surface area contributed by atoms with Crippen molar-refractivity contribution in [3.63, 3.8) is 0 Å². The van der Waals surface area contributed by atoms with Crippen molar-refractivity contribution in [2.75, 3.05) is 5.32 Å². The summed E-state index contributed by atoms with van der Waals surface area (Å²) in [5.41, 5.74) is 0.520. The van der Waals surface area contributed by atoms with E-state index in [0.717, 1.165) is 0 Å². The third kappa shape index (κ3) is 2.97. The highest BCUT2D eigenvalue weighted by Gasteiger charge is 2.43. The van der Waals surface area contributed by atoms with Crippen molar-refractivity contribution < 1.29 is 18.3 Å². The molecule has 0 atom stereocenters. The summed E-state index contributed by atoms with van der Waals surface area (Å²) >= 11 is 5.89. The van der Waals surface area contributed by atoms with Crippen LogP contribution in [0.1, 0.15) is 12.7 Å². The molecule has 0 spiro atoms. The van der Waals surface area contributed by atoms with E-state index >= 15 is 0 Å². The Labute approximate surface area is 123 Å². The van der Waals surface area contributed by atoms with Crippen molar-refractivity contribution in [3.05, 3.63) is 35.2 Å². The quantitative estimate of drug-likeness (QED) is 0.874. The number of nitrogens with zero attached hydrogens (tertiary/aromatic N) is 2. The van der Waals surface area contributed by atoms with Crippen LogP contribution in [-0.4, -0.2) is 16.3 Å². The first kappa shape index (κ1) is 13.8. The molecule has 0 amide bonds. The first-order chi connectivity index (χ1) is 9.95. The lowest BCUT2D eigenvalue weighted by Crippen LogP contribution is -2.25. The van der Waals surface area contributed by atoms with Gasteiger partial charge in [0.2, 0.25) is 0 Å². The van der Waals surface area contributed by atoms with Gasteiger partial charge in [0.05, 0.1) is 0 Å². The van der Waals surface area contributed by atoms with Gasteiger partial charge in [0, 0.05) is 24.2 Å².